The summed E-state index contributed by atoms with van der Waals surface area (Å²) in [5, 5.41) is 0. The summed E-state index contributed by atoms with van der Waals surface area (Å²) in [7, 11) is 0. The third-order valence-corrected chi connectivity index (χ3v) is 2.94. The maximum absolute atomic E-state index is 5.76. The van der Waals surface area contributed by atoms with Crippen LogP contribution in [0.2, 0.25) is 0 Å². The van der Waals surface area contributed by atoms with Crippen LogP contribution in [0.4, 0.5) is 0 Å². The second-order valence-corrected chi connectivity index (χ2v) is 4.25. The molecule has 1 saturated heterocycles. The van der Waals surface area contributed by atoms with Crippen LogP contribution in [0.25, 0.3) is 0 Å². The molecule has 0 aromatic heterocycles. The van der Waals surface area contributed by atoms with Gasteiger partial charge in [0.25, 0.3) is 0 Å². The average molecular weight is 190 g/mol. The van der Waals surface area contributed by atoms with Gasteiger partial charge in [-0.3, -0.25) is 4.90 Å². The Kier molecular flexibility index (Phi) is 2.85. The fraction of sp³-hybridized carbons (Fsp3) is 0.500. The van der Waals surface area contributed by atoms with Gasteiger partial charge in [0.2, 0.25) is 0 Å². The minimum atomic E-state index is 0.410. The Labute approximate surface area is 85.7 Å². The van der Waals surface area contributed by atoms with E-state index in [1.165, 1.54) is 5.56 Å². The maximum atomic E-state index is 5.76. The summed E-state index contributed by atoms with van der Waals surface area (Å²) in [5.74, 6) is 0. The molecule has 0 spiro atoms. The highest BCUT2D eigenvalue weighted by atomic mass is 15.2. The average Bonchev–Trinajstić information content (AvgIpc) is 2.14. The molecular formula is C12H18N2. The van der Waals surface area contributed by atoms with Crippen molar-refractivity contribution < 1.29 is 0 Å². The molecule has 0 radical (unpaired) electrons. The molecule has 0 saturated carbocycles. The minimum absolute atomic E-state index is 0.410. The first-order chi connectivity index (χ1) is 6.75. The molecule has 1 heterocycles. The molecule has 0 amide bonds. The maximum Gasteiger partial charge on any atom is 0.0297 e. The molecule has 1 unspecified atom stereocenters. The van der Waals surface area contributed by atoms with Crippen molar-refractivity contribution in [3.05, 3.63) is 35.9 Å². The highest BCUT2D eigenvalue weighted by Gasteiger charge is 2.26. The largest absolute Gasteiger partial charge is 0.325 e. The quantitative estimate of drug-likeness (QED) is 0.777. The number of hydrogen-bond acceptors (Lipinski definition) is 2. The molecular weight excluding hydrogens is 172 g/mol. The van der Waals surface area contributed by atoms with E-state index in [-0.39, 0.29) is 0 Å². The van der Waals surface area contributed by atoms with Crippen LogP contribution in [-0.4, -0.2) is 30.1 Å². The lowest BCUT2D eigenvalue weighted by Crippen LogP contribution is -2.59. The topological polar surface area (TPSA) is 29.3 Å². The molecule has 1 aromatic carbocycles. The fourth-order valence-electron chi connectivity index (χ4n) is 1.99. The number of nitrogens with two attached hydrogens (primary N) is 1. The van der Waals surface area contributed by atoms with Gasteiger partial charge in [-0.1, -0.05) is 30.3 Å². The zero-order valence-electron chi connectivity index (χ0n) is 8.69. The van der Waals surface area contributed by atoms with Crippen LogP contribution in [0.3, 0.4) is 0 Å². The van der Waals surface area contributed by atoms with Gasteiger partial charge in [-0.05, 0) is 18.9 Å². The van der Waals surface area contributed by atoms with Crippen molar-refractivity contribution in [2.24, 2.45) is 5.73 Å². The number of nitrogens with zero attached hydrogens (tertiary/aromatic N) is 1. The summed E-state index contributed by atoms with van der Waals surface area (Å²) in [5.41, 5.74) is 7.18. The van der Waals surface area contributed by atoms with Crippen LogP contribution >= 0.6 is 0 Å². The van der Waals surface area contributed by atoms with Crippen molar-refractivity contribution in [3.63, 3.8) is 0 Å². The van der Waals surface area contributed by atoms with Gasteiger partial charge in [0.05, 0.1) is 0 Å². The first-order valence-electron chi connectivity index (χ1n) is 5.29. The van der Waals surface area contributed by atoms with Crippen molar-refractivity contribution in [2.45, 2.75) is 25.4 Å². The molecule has 2 heteroatoms. The molecule has 2 rings (SSSR count). The van der Waals surface area contributed by atoms with Gasteiger partial charge in [-0.15, -0.1) is 0 Å². The Morgan fingerprint density at radius 3 is 2.57 bits per heavy atom. The van der Waals surface area contributed by atoms with Gasteiger partial charge in [-0.2, -0.15) is 0 Å². The van der Waals surface area contributed by atoms with Crippen molar-refractivity contribution in [1.29, 1.82) is 0 Å². The lowest BCUT2D eigenvalue weighted by atomic mass is 10.0. The molecule has 14 heavy (non-hydrogen) atoms. The van der Waals surface area contributed by atoms with E-state index in [1.807, 2.05) is 0 Å². The van der Waals surface area contributed by atoms with E-state index < -0.39 is 0 Å². The van der Waals surface area contributed by atoms with Crippen molar-refractivity contribution in [1.82, 2.24) is 4.90 Å². The summed E-state index contributed by atoms with van der Waals surface area (Å²) in [6.07, 6.45) is 1.13. The molecule has 1 aliphatic rings. The lowest BCUT2D eigenvalue weighted by Gasteiger charge is -2.41. The zero-order chi connectivity index (χ0) is 9.97. The predicted octanol–water partition coefficient (Wildman–Crippen LogP) is 1.26. The summed E-state index contributed by atoms with van der Waals surface area (Å²) >= 11 is 0. The van der Waals surface area contributed by atoms with Crippen molar-refractivity contribution in [3.8, 4) is 0 Å². The van der Waals surface area contributed by atoms with Gasteiger partial charge < -0.3 is 5.73 Å². The molecule has 1 aromatic rings. The van der Waals surface area contributed by atoms with Crippen LogP contribution in [-0.2, 0) is 6.42 Å². The molecule has 2 nitrogen and oxygen atoms in total. The van der Waals surface area contributed by atoms with Crippen molar-refractivity contribution >= 4 is 0 Å². The number of likely N-dealkylation sites (tertiary alicyclic amines) is 1. The first-order valence-corrected chi connectivity index (χ1v) is 5.29. The Bertz CT molecular complexity index is 278. The molecule has 2 N–H and O–H groups in total. The molecule has 0 bridgehead atoms. The molecule has 1 aliphatic heterocycles. The van der Waals surface area contributed by atoms with Gasteiger partial charge in [0.1, 0.15) is 0 Å². The lowest BCUT2D eigenvalue weighted by molar-refractivity contribution is 0.103. The Morgan fingerprint density at radius 2 is 2.00 bits per heavy atom. The van der Waals surface area contributed by atoms with E-state index in [0.717, 1.165) is 19.5 Å². The molecule has 0 aliphatic carbocycles. The SMILES string of the molecule is CC(Cc1ccccc1)N1CC(N)C1. The van der Waals surface area contributed by atoms with Gasteiger partial charge >= 0.3 is 0 Å². The Balaban J connectivity index is 1.86. The summed E-state index contributed by atoms with van der Waals surface area (Å²) in [4.78, 5) is 2.44. The highest BCUT2D eigenvalue weighted by molar-refractivity contribution is 5.16. The molecule has 1 atom stereocenters. The Hall–Kier alpha value is -0.860. The first kappa shape index (κ1) is 9.69. The molecule has 1 fully saturated rings. The van der Waals surface area contributed by atoms with E-state index in [4.69, 9.17) is 5.73 Å². The van der Waals surface area contributed by atoms with Crippen LogP contribution in [0.5, 0.6) is 0 Å². The second-order valence-electron chi connectivity index (χ2n) is 4.25. The smallest absolute Gasteiger partial charge is 0.0297 e. The minimum Gasteiger partial charge on any atom is -0.325 e. The second kappa shape index (κ2) is 4.11. The summed E-state index contributed by atoms with van der Waals surface area (Å²) in [6, 6.07) is 11.7. The highest BCUT2D eigenvalue weighted by Crippen LogP contribution is 2.14. The van der Waals surface area contributed by atoms with E-state index in [9.17, 15) is 0 Å². The van der Waals surface area contributed by atoms with E-state index in [0.29, 0.717) is 12.1 Å². The third kappa shape index (κ3) is 2.14. The van der Waals surface area contributed by atoms with E-state index in [1.54, 1.807) is 0 Å². The number of rotatable bonds is 3. The molecule has 76 valence electrons. The fourth-order valence-corrected chi connectivity index (χ4v) is 1.99. The van der Waals surface area contributed by atoms with E-state index in [2.05, 4.69) is 42.2 Å². The van der Waals surface area contributed by atoms with Crippen LogP contribution in [0, 0.1) is 0 Å². The Morgan fingerprint density at radius 1 is 1.36 bits per heavy atom. The van der Waals surface area contributed by atoms with Crippen LogP contribution < -0.4 is 5.73 Å². The van der Waals surface area contributed by atoms with Crippen LogP contribution in [0.15, 0.2) is 30.3 Å². The normalized spacial score (nSPS) is 20.4. The number of hydrogen-bond donors (Lipinski definition) is 1. The van der Waals surface area contributed by atoms with Crippen LogP contribution in [0.1, 0.15) is 12.5 Å². The standard InChI is InChI=1S/C12H18N2/c1-10(14-8-12(13)9-14)7-11-5-3-2-4-6-11/h2-6,10,12H,7-9,13H2,1H3. The number of benzene rings is 1. The predicted molar refractivity (Wildman–Crippen MR) is 59.2 cm³/mol. The third-order valence-electron chi connectivity index (χ3n) is 2.94. The zero-order valence-corrected chi connectivity index (χ0v) is 8.69. The van der Waals surface area contributed by atoms with Gasteiger partial charge in [0.15, 0.2) is 0 Å². The van der Waals surface area contributed by atoms with E-state index >= 15 is 0 Å². The summed E-state index contributed by atoms with van der Waals surface area (Å²) in [6.45, 7) is 4.40. The van der Waals surface area contributed by atoms with Gasteiger partial charge in [0, 0.05) is 25.2 Å². The van der Waals surface area contributed by atoms with Gasteiger partial charge in [-0.25, -0.2) is 0 Å². The summed E-state index contributed by atoms with van der Waals surface area (Å²) < 4.78 is 0. The monoisotopic (exact) mass is 190 g/mol. The van der Waals surface area contributed by atoms with Crippen molar-refractivity contribution in [2.75, 3.05) is 13.1 Å².